The van der Waals surface area contributed by atoms with Crippen LogP contribution in [-0.4, -0.2) is 17.4 Å². The minimum atomic E-state index is -0.369. The number of amides is 1. The number of benzene rings is 1. The summed E-state index contributed by atoms with van der Waals surface area (Å²) < 4.78 is 13.7. The summed E-state index contributed by atoms with van der Waals surface area (Å²) in [5.41, 5.74) is 0.836. The SMILES string of the molecule is CCNc1cc(C(=O)Nc2ccc(F)cc2I)c(Cl)cn1. The van der Waals surface area contributed by atoms with Crippen LogP contribution in [0.3, 0.4) is 0 Å². The summed E-state index contributed by atoms with van der Waals surface area (Å²) in [4.78, 5) is 16.4. The fourth-order valence-corrected chi connectivity index (χ4v) is 2.47. The highest BCUT2D eigenvalue weighted by Gasteiger charge is 2.14. The van der Waals surface area contributed by atoms with Crippen LogP contribution in [0, 0.1) is 9.39 Å². The maximum Gasteiger partial charge on any atom is 0.257 e. The number of hydrogen-bond acceptors (Lipinski definition) is 3. The van der Waals surface area contributed by atoms with Gasteiger partial charge in [0.05, 0.1) is 16.3 Å². The summed E-state index contributed by atoms with van der Waals surface area (Å²) >= 11 is 7.96. The summed E-state index contributed by atoms with van der Waals surface area (Å²) in [7, 11) is 0. The molecule has 1 aromatic heterocycles. The van der Waals surface area contributed by atoms with E-state index in [9.17, 15) is 9.18 Å². The molecule has 7 heteroatoms. The maximum absolute atomic E-state index is 13.1. The van der Waals surface area contributed by atoms with E-state index in [4.69, 9.17) is 11.6 Å². The van der Waals surface area contributed by atoms with Crippen LogP contribution in [0.5, 0.6) is 0 Å². The van der Waals surface area contributed by atoms with Crippen molar-refractivity contribution in [3.8, 4) is 0 Å². The minimum Gasteiger partial charge on any atom is -0.370 e. The summed E-state index contributed by atoms with van der Waals surface area (Å²) in [6.07, 6.45) is 1.42. The van der Waals surface area contributed by atoms with E-state index in [1.165, 1.54) is 24.4 Å². The number of nitrogens with one attached hydrogen (secondary N) is 2. The molecule has 0 aliphatic rings. The van der Waals surface area contributed by atoms with Crippen LogP contribution >= 0.6 is 34.2 Å². The van der Waals surface area contributed by atoms with Crippen molar-refractivity contribution in [1.29, 1.82) is 0 Å². The molecule has 1 heterocycles. The second-order valence-electron chi connectivity index (χ2n) is 4.16. The molecule has 4 nitrogen and oxygen atoms in total. The lowest BCUT2D eigenvalue weighted by Gasteiger charge is -2.10. The standard InChI is InChI=1S/C14H12ClFIN3O/c1-2-18-13-6-9(10(15)7-19-13)14(21)20-12-4-3-8(16)5-11(12)17/h3-7H,2H2,1H3,(H,18,19)(H,20,21). The van der Waals surface area contributed by atoms with Gasteiger partial charge in [-0.2, -0.15) is 0 Å². The Kier molecular flexibility index (Phi) is 5.35. The van der Waals surface area contributed by atoms with Gasteiger partial charge in [0.15, 0.2) is 0 Å². The van der Waals surface area contributed by atoms with Gasteiger partial charge in [-0.15, -0.1) is 0 Å². The van der Waals surface area contributed by atoms with Crippen molar-refractivity contribution >= 4 is 51.6 Å². The Hall–Kier alpha value is -1.41. The number of aromatic nitrogens is 1. The number of anilines is 2. The van der Waals surface area contributed by atoms with Gasteiger partial charge in [0.1, 0.15) is 11.6 Å². The first-order valence-corrected chi connectivity index (χ1v) is 7.62. The topological polar surface area (TPSA) is 54.0 Å². The molecule has 1 aromatic carbocycles. The number of nitrogens with zero attached hydrogens (tertiary/aromatic N) is 1. The smallest absolute Gasteiger partial charge is 0.257 e. The van der Waals surface area contributed by atoms with Crippen LogP contribution in [0.25, 0.3) is 0 Å². The molecule has 0 atom stereocenters. The van der Waals surface area contributed by atoms with Gasteiger partial charge >= 0.3 is 0 Å². The number of pyridine rings is 1. The predicted octanol–water partition coefficient (Wildman–Crippen LogP) is 4.16. The van der Waals surface area contributed by atoms with Gasteiger partial charge in [-0.1, -0.05) is 11.6 Å². The molecule has 0 unspecified atom stereocenters. The molecule has 0 radical (unpaired) electrons. The fourth-order valence-electron chi connectivity index (χ4n) is 1.67. The number of rotatable bonds is 4. The molecule has 2 N–H and O–H groups in total. The number of carbonyl (C=O) groups is 1. The Morgan fingerprint density at radius 2 is 2.19 bits per heavy atom. The molecule has 0 fully saturated rings. The van der Waals surface area contributed by atoms with E-state index in [0.717, 1.165) is 0 Å². The van der Waals surface area contributed by atoms with Crippen LogP contribution in [0.15, 0.2) is 30.5 Å². The molecule has 0 saturated carbocycles. The first-order chi connectivity index (χ1) is 10.0. The van der Waals surface area contributed by atoms with Crippen molar-refractivity contribution in [2.24, 2.45) is 0 Å². The van der Waals surface area contributed by atoms with Gasteiger partial charge in [-0.3, -0.25) is 4.79 Å². The Morgan fingerprint density at radius 3 is 2.86 bits per heavy atom. The zero-order valence-corrected chi connectivity index (χ0v) is 14.0. The van der Waals surface area contributed by atoms with E-state index in [1.807, 2.05) is 29.5 Å². The molecule has 110 valence electrons. The van der Waals surface area contributed by atoms with Crippen LogP contribution in [0.4, 0.5) is 15.9 Å². The Morgan fingerprint density at radius 1 is 1.43 bits per heavy atom. The highest BCUT2D eigenvalue weighted by Crippen LogP contribution is 2.23. The van der Waals surface area contributed by atoms with E-state index in [0.29, 0.717) is 27.2 Å². The van der Waals surface area contributed by atoms with Crippen molar-refractivity contribution in [2.75, 3.05) is 17.2 Å². The molecule has 0 spiro atoms. The second kappa shape index (κ2) is 7.04. The molecule has 2 rings (SSSR count). The fraction of sp³-hybridized carbons (Fsp3) is 0.143. The molecule has 0 aliphatic heterocycles. The molecular formula is C14H12ClFIN3O. The molecule has 0 saturated heterocycles. The van der Waals surface area contributed by atoms with Crippen LogP contribution in [0.2, 0.25) is 5.02 Å². The second-order valence-corrected chi connectivity index (χ2v) is 5.73. The monoisotopic (exact) mass is 419 g/mol. The van der Waals surface area contributed by atoms with E-state index >= 15 is 0 Å². The van der Waals surface area contributed by atoms with Crippen molar-refractivity contribution in [2.45, 2.75) is 6.92 Å². The molecular weight excluding hydrogens is 408 g/mol. The number of halogens is 3. The average Bonchev–Trinajstić information content (AvgIpc) is 2.44. The third kappa shape index (κ3) is 4.04. The van der Waals surface area contributed by atoms with Gasteiger partial charge in [0.2, 0.25) is 0 Å². The normalized spacial score (nSPS) is 10.3. The number of hydrogen-bond donors (Lipinski definition) is 2. The van der Waals surface area contributed by atoms with Crippen molar-refractivity contribution in [3.63, 3.8) is 0 Å². The van der Waals surface area contributed by atoms with Gasteiger partial charge in [-0.05, 0) is 53.8 Å². The third-order valence-electron chi connectivity index (χ3n) is 2.64. The summed E-state index contributed by atoms with van der Waals surface area (Å²) in [5.74, 6) is -0.152. The lowest BCUT2D eigenvalue weighted by atomic mass is 10.2. The quantitative estimate of drug-likeness (QED) is 0.732. The molecule has 2 aromatic rings. The summed E-state index contributed by atoms with van der Waals surface area (Å²) in [6.45, 7) is 2.61. The zero-order chi connectivity index (χ0) is 15.4. The van der Waals surface area contributed by atoms with E-state index in [1.54, 1.807) is 6.07 Å². The van der Waals surface area contributed by atoms with E-state index in [2.05, 4.69) is 15.6 Å². The molecule has 21 heavy (non-hydrogen) atoms. The number of carbonyl (C=O) groups excluding carboxylic acids is 1. The maximum atomic E-state index is 13.1. The van der Waals surface area contributed by atoms with Crippen molar-refractivity contribution < 1.29 is 9.18 Å². The Bertz CT molecular complexity index is 681. The van der Waals surface area contributed by atoms with Gasteiger partial charge in [0, 0.05) is 16.3 Å². The third-order valence-corrected chi connectivity index (χ3v) is 3.83. The molecule has 1 amide bonds. The Labute approximate surface area is 140 Å². The lowest BCUT2D eigenvalue weighted by molar-refractivity contribution is 0.102. The summed E-state index contributed by atoms with van der Waals surface area (Å²) in [6, 6.07) is 5.72. The zero-order valence-electron chi connectivity index (χ0n) is 11.1. The van der Waals surface area contributed by atoms with Crippen LogP contribution in [-0.2, 0) is 0 Å². The largest absolute Gasteiger partial charge is 0.370 e. The predicted molar refractivity (Wildman–Crippen MR) is 90.5 cm³/mol. The summed E-state index contributed by atoms with van der Waals surface area (Å²) in [5, 5.41) is 5.98. The highest BCUT2D eigenvalue weighted by atomic mass is 127. The van der Waals surface area contributed by atoms with Gasteiger partial charge in [-0.25, -0.2) is 9.37 Å². The highest BCUT2D eigenvalue weighted by molar-refractivity contribution is 14.1. The Balaban J connectivity index is 2.25. The first kappa shape index (κ1) is 16.0. The average molecular weight is 420 g/mol. The molecule has 0 aliphatic carbocycles. The van der Waals surface area contributed by atoms with Crippen molar-refractivity contribution in [3.05, 3.63) is 50.4 Å². The molecule has 0 bridgehead atoms. The van der Waals surface area contributed by atoms with Gasteiger partial charge < -0.3 is 10.6 Å². The van der Waals surface area contributed by atoms with Crippen LogP contribution < -0.4 is 10.6 Å². The first-order valence-electron chi connectivity index (χ1n) is 6.17. The lowest BCUT2D eigenvalue weighted by Crippen LogP contribution is -2.14. The van der Waals surface area contributed by atoms with Crippen LogP contribution in [0.1, 0.15) is 17.3 Å². The van der Waals surface area contributed by atoms with Crippen molar-refractivity contribution in [1.82, 2.24) is 4.98 Å². The van der Waals surface area contributed by atoms with Gasteiger partial charge in [0.25, 0.3) is 5.91 Å². The van der Waals surface area contributed by atoms with E-state index < -0.39 is 0 Å². The van der Waals surface area contributed by atoms with E-state index in [-0.39, 0.29) is 16.7 Å². The minimum absolute atomic E-state index is 0.256.